The van der Waals surface area contributed by atoms with E-state index >= 15 is 0 Å². The Hall–Kier alpha value is -0.940. The molecule has 0 radical (unpaired) electrons. The van der Waals surface area contributed by atoms with Crippen LogP contribution in [0.15, 0.2) is 0 Å². The Kier molecular flexibility index (Phi) is 3.82. The van der Waals surface area contributed by atoms with E-state index in [1.165, 1.54) is 38.8 Å². The van der Waals surface area contributed by atoms with Gasteiger partial charge in [0.2, 0.25) is 0 Å². The Morgan fingerprint density at radius 1 is 1.10 bits per heavy atom. The van der Waals surface area contributed by atoms with E-state index < -0.39 is 0 Å². The molecular formula is C15H25N2O3+. The van der Waals surface area contributed by atoms with E-state index in [2.05, 4.69) is 7.05 Å². The Morgan fingerprint density at radius 3 is 2.55 bits per heavy atom. The van der Waals surface area contributed by atoms with Gasteiger partial charge in [0.15, 0.2) is 0 Å². The summed E-state index contributed by atoms with van der Waals surface area (Å²) in [7, 11) is 2.36. The second-order valence-electron chi connectivity index (χ2n) is 6.77. The van der Waals surface area contributed by atoms with Gasteiger partial charge in [0.1, 0.15) is 0 Å². The van der Waals surface area contributed by atoms with Crippen molar-refractivity contribution in [3.8, 4) is 0 Å². The average Bonchev–Trinajstić information content (AvgIpc) is 2.75. The SMILES string of the molecule is C[N+]12CCCCC1C(CON1C(=O)CCC1=O)CCC2. The Bertz CT molecular complexity index is 392. The van der Waals surface area contributed by atoms with Crippen molar-refractivity contribution in [2.75, 3.05) is 26.7 Å². The molecule has 3 aliphatic rings. The van der Waals surface area contributed by atoms with Gasteiger partial charge in [-0.25, -0.2) is 0 Å². The van der Waals surface area contributed by atoms with Crippen molar-refractivity contribution >= 4 is 11.8 Å². The highest BCUT2D eigenvalue weighted by Crippen LogP contribution is 2.36. The lowest BCUT2D eigenvalue weighted by Gasteiger charge is -2.51. The third-order valence-corrected chi connectivity index (χ3v) is 5.43. The molecule has 0 N–H and O–H groups in total. The lowest BCUT2D eigenvalue weighted by Crippen LogP contribution is -2.61. The van der Waals surface area contributed by atoms with Gasteiger partial charge in [-0.1, -0.05) is 0 Å². The molecule has 112 valence electrons. The molecule has 3 saturated heterocycles. The number of rotatable bonds is 3. The highest BCUT2D eigenvalue weighted by molar-refractivity contribution is 6.00. The minimum absolute atomic E-state index is 0.174. The number of amides is 2. The highest BCUT2D eigenvalue weighted by Gasteiger charge is 2.44. The minimum atomic E-state index is -0.174. The van der Waals surface area contributed by atoms with E-state index in [0.29, 0.717) is 31.4 Å². The molecule has 3 heterocycles. The van der Waals surface area contributed by atoms with Gasteiger partial charge in [0.05, 0.1) is 32.8 Å². The molecule has 5 nitrogen and oxygen atoms in total. The number of piperidine rings is 2. The molecule has 0 saturated carbocycles. The minimum Gasteiger partial charge on any atom is -0.323 e. The normalized spacial score (nSPS) is 38.1. The number of hydroxylamine groups is 2. The lowest BCUT2D eigenvalue weighted by molar-refractivity contribution is -0.947. The summed E-state index contributed by atoms with van der Waals surface area (Å²) in [5.74, 6) is 0.133. The molecule has 0 spiro atoms. The summed E-state index contributed by atoms with van der Waals surface area (Å²) in [5, 5.41) is 1.02. The zero-order chi connectivity index (χ0) is 14.2. The van der Waals surface area contributed by atoms with Crippen molar-refractivity contribution in [1.82, 2.24) is 5.06 Å². The predicted octanol–water partition coefficient (Wildman–Crippen LogP) is 1.48. The van der Waals surface area contributed by atoms with Crippen LogP contribution in [-0.4, -0.2) is 54.1 Å². The van der Waals surface area contributed by atoms with E-state index in [4.69, 9.17) is 4.84 Å². The van der Waals surface area contributed by atoms with Crippen LogP contribution in [0.25, 0.3) is 0 Å². The molecule has 0 aromatic rings. The number of hydrogen-bond donors (Lipinski definition) is 0. The van der Waals surface area contributed by atoms with Crippen molar-refractivity contribution in [2.24, 2.45) is 5.92 Å². The van der Waals surface area contributed by atoms with Crippen LogP contribution in [0.4, 0.5) is 0 Å². The van der Waals surface area contributed by atoms with Gasteiger partial charge in [-0.05, 0) is 25.7 Å². The maximum absolute atomic E-state index is 11.6. The van der Waals surface area contributed by atoms with Crippen LogP contribution in [0.1, 0.15) is 44.9 Å². The van der Waals surface area contributed by atoms with Gasteiger partial charge < -0.3 is 4.48 Å². The van der Waals surface area contributed by atoms with Crippen LogP contribution in [0.2, 0.25) is 0 Å². The molecule has 2 amide bonds. The molecule has 3 atom stereocenters. The number of nitrogens with zero attached hydrogens (tertiary/aromatic N) is 2. The van der Waals surface area contributed by atoms with E-state index in [9.17, 15) is 9.59 Å². The van der Waals surface area contributed by atoms with Crippen molar-refractivity contribution in [3.63, 3.8) is 0 Å². The standard InChI is InChI=1S/C15H25N2O3/c1-17-9-3-2-6-13(17)12(5-4-10-17)11-20-16-14(18)7-8-15(16)19/h12-13H,2-11H2,1H3/q+1. The van der Waals surface area contributed by atoms with Crippen LogP contribution >= 0.6 is 0 Å². The largest absolute Gasteiger partial charge is 0.323 e. The van der Waals surface area contributed by atoms with Crippen LogP contribution in [-0.2, 0) is 14.4 Å². The Balaban J connectivity index is 1.61. The van der Waals surface area contributed by atoms with Gasteiger partial charge in [-0.3, -0.25) is 14.4 Å². The number of imide groups is 1. The summed E-state index contributed by atoms with van der Waals surface area (Å²) in [6, 6.07) is 0.644. The fourth-order valence-corrected chi connectivity index (χ4v) is 4.30. The van der Waals surface area contributed by atoms with E-state index in [0.717, 1.165) is 16.0 Å². The summed E-state index contributed by atoms with van der Waals surface area (Å²) in [4.78, 5) is 28.7. The van der Waals surface area contributed by atoms with Gasteiger partial charge >= 0.3 is 0 Å². The predicted molar refractivity (Wildman–Crippen MR) is 73.3 cm³/mol. The fourth-order valence-electron chi connectivity index (χ4n) is 4.30. The Labute approximate surface area is 120 Å². The number of carbonyl (C=O) groups is 2. The molecular weight excluding hydrogens is 256 g/mol. The highest BCUT2D eigenvalue weighted by atomic mass is 16.7. The first-order chi connectivity index (χ1) is 9.60. The molecule has 20 heavy (non-hydrogen) atoms. The molecule has 3 aliphatic heterocycles. The monoisotopic (exact) mass is 281 g/mol. The second kappa shape index (κ2) is 5.45. The van der Waals surface area contributed by atoms with Crippen LogP contribution in [0.5, 0.6) is 0 Å². The zero-order valence-corrected chi connectivity index (χ0v) is 12.3. The first-order valence-corrected chi connectivity index (χ1v) is 7.93. The van der Waals surface area contributed by atoms with Crippen molar-refractivity contribution in [2.45, 2.75) is 51.0 Å². The van der Waals surface area contributed by atoms with Crippen LogP contribution in [0, 0.1) is 5.92 Å². The van der Waals surface area contributed by atoms with Crippen molar-refractivity contribution in [1.29, 1.82) is 0 Å². The molecule has 3 rings (SSSR count). The molecule has 0 bridgehead atoms. The first kappa shape index (κ1) is 14.0. The molecule has 3 fully saturated rings. The van der Waals surface area contributed by atoms with E-state index in [-0.39, 0.29) is 11.8 Å². The van der Waals surface area contributed by atoms with E-state index in [1.54, 1.807) is 0 Å². The maximum atomic E-state index is 11.6. The maximum Gasteiger partial charge on any atom is 0.253 e. The molecule has 5 heteroatoms. The van der Waals surface area contributed by atoms with Gasteiger partial charge in [0.25, 0.3) is 11.8 Å². The van der Waals surface area contributed by atoms with E-state index in [1.807, 2.05) is 0 Å². The molecule has 0 aliphatic carbocycles. The summed E-state index contributed by atoms with van der Waals surface area (Å²) in [6.45, 7) is 3.06. The second-order valence-corrected chi connectivity index (χ2v) is 6.77. The van der Waals surface area contributed by atoms with Crippen LogP contribution in [0.3, 0.4) is 0 Å². The fraction of sp³-hybridized carbons (Fsp3) is 0.867. The molecule has 0 aromatic heterocycles. The average molecular weight is 281 g/mol. The number of hydrogen-bond acceptors (Lipinski definition) is 3. The lowest BCUT2D eigenvalue weighted by atomic mass is 9.82. The van der Waals surface area contributed by atoms with Crippen molar-refractivity contribution < 1.29 is 18.9 Å². The van der Waals surface area contributed by atoms with Gasteiger partial charge in [-0.2, -0.15) is 5.06 Å². The van der Waals surface area contributed by atoms with Gasteiger partial charge in [-0.15, -0.1) is 0 Å². The summed E-state index contributed by atoms with van der Waals surface area (Å²) < 4.78 is 1.16. The summed E-state index contributed by atoms with van der Waals surface area (Å²) >= 11 is 0. The Morgan fingerprint density at radius 2 is 1.80 bits per heavy atom. The quantitative estimate of drug-likeness (QED) is 0.581. The zero-order valence-electron chi connectivity index (χ0n) is 12.3. The topological polar surface area (TPSA) is 46.6 Å². The number of quaternary nitrogens is 1. The third-order valence-electron chi connectivity index (χ3n) is 5.43. The smallest absolute Gasteiger partial charge is 0.253 e. The number of fused-ring (bicyclic) bond motifs is 1. The first-order valence-electron chi connectivity index (χ1n) is 7.93. The number of carbonyl (C=O) groups excluding carboxylic acids is 2. The summed E-state index contributed by atoms with van der Waals surface area (Å²) in [6.07, 6.45) is 6.88. The molecule has 0 aromatic carbocycles. The van der Waals surface area contributed by atoms with Gasteiger partial charge in [0, 0.05) is 25.2 Å². The third kappa shape index (κ3) is 2.49. The van der Waals surface area contributed by atoms with Crippen LogP contribution < -0.4 is 0 Å². The molecule has 3 unspecified atom stereocenters. The summed E-state index contributed by atoms with van der Waals surface area (Å²) in [5.41, 5.74) is 0. The van der Waals surface area contributed by atoms with Crippen molar-refractivity contribution in [3.05, 3.63) is 0 Å².